The van der Waals surface area contributed by atoms with Crippen LogP contribution in [0.15, 0.2) is 53.4 Å². The average Bonchev–Trinajstić information content (AvgIpc) is 3.24. The maximum atomic E-state index is 12.8. The van der Waals surface area contributed by atoms with E-state index in [0.29, 0.717) is 9.92 Å². The first kappa shape index (κ1) is 15.5. The molecule has 1 saturated carbocycles. The molecule has 0 radical (unpaired) electrons. The summed E-state index contributed by atoms with van der Waals surface area (Å²) in [5.74, 6) is -0.430. The molecule has 0 aliphatic heterocycles. The third-order valence-corrected chi connectivity index (χ3v) is 6.81. The molecule has 0 bridgehead atoms. The van der Waals surface area contributed by atoms with Crippen molar-refractivity contribution in [3.8, 4) is 0 Å². The molecule has 2 aromatic rings. The SMILES string of the molecule is Cc1ccc(S(=O)(=O)[C@@H]2[C@H](CO)[C@H]2c2ccc(Cl)cc2)cc1. The number of aryl methyl sites for hydroxylation is 1. The van der Waals surface area contributed by atoms with Crippen LogP contribution in [0.5, 0.6) is 0 Å². The van der Waals surface area contributed by atoms with Gasteiger partial charge in [-0.05, 0) is 36.8 Å². The van der Waals surface area contributed by atoms with Crippen molar-refractivity contribution in [3.63, 3.8) is 0 Å². The van der Waals surface area contributed by atoms with Crippen LogP contribution in [-0.2, 0) is 9.84 Å². The Morgan fingerprint density at radius 3 is 2.18 bits per heavy atom. The standard InChI is InChI=1S/C17H17ClO3S/c1-11-2-8-14(9-3-11)22(20,21)17-15(10-19)16(17)12-4-6-13(18)7-5-12/h2-9,15-17,19H,10H2,1H3/t15-,16-,17-/m1/s1. The van der Waals surface area contributed by atoms with Gasteiger partial charge in [0.05, 0.1) is 10.1 Å². The second-order valence-electron chi connectivity index (χ2n) is 5.75. The van der Waals surface area contributed by atoms with E-state index in [1.54, 1.807) is 36.4 Å². The van der Waals surface area contributed by atoms with Gasteiger partial charge in [0.15, 0.2) is 9.84 Å². The molecule has 5 heteroatoms. The zero-order valence-corrected chi connectivity index (χ0v) is 13.7. The fraction of sp³-hybridized carbons (Fsp3) is 0.294. The van der Waals surface area contributed by atoms with Crippen molar-refractivity contribution in [2.45, 2.75) is 23.0 Å². The van der Waals surface area contributed by atoms with Crippen LogP contribution in [0.3, 0.4) is 0 Å². The number of rotatable bonds is 4. The van der Waals surface area contributed by atoms with Crippen LogP contribution in [-0.4, -0.2) is 25.4 Å². The van der Waals surface area contributed by atoms with Crippen molar-refractivity contribution in [3.05, 3.63) is 64.7 Å². The number of aliphatic hydroxyl groups is 1. The van der Waals surface area contributed by atoms with Crippen LogP contribution >= 0.6 is 11.6 Å². The quantitative estimate of drug-likeness (QED) is 0.932. The summed E-state index contributed by atoms with van der Waals surface area (Å²) in [5.41, 5.74) is 1.92. The zero-order valence-electron chi connectivity index (χ0n) is 12.1. The Morgan fingerprint density at radius 2 is 1.64 bits per heavy atom. The summed E-state index contributed by atoms with van der Waals surface area (Å²) in [5, 5.41) is 9.57. The van der Waals surface area contributed by atoms with Crippen LogP contribution in [0.2, 0.25) is 5.02 Å². The highest BCUT2D eigenvalue weighted by Gasteiger charge is 2.58. The highest BCUT2D eigenvalue weighted by molar-refractivity contribution is 7.92. The van der Waals surface area contributed by atoms with Gasteiger partial charge >= 0.3 is 0 Å². The molecule has 0 aromatic heterocycles. The molecule has 3 nitrogen and oxygen atoms in total. The fourth-order valence-corrected chi connectivity index (χ4v) is 5.32. The van der Waals surface area contributed by atoms with Gasteiger partial charge < -0.3 is 5.11 Å². The van der Waals surface area contributed by atoms with E-state index in [1.165, 1.54) is 0 Å². The lowest BCUT2D eigenvalue weighted by atomic mass is 10.1. The summed E-state index contributed by atoms with van der Waals surface area (Å²) >= 11 is 5.88. The van der Waals surface area contributed by atoms with Crippen molar-refractivity contribution in [1.29, 1.82) is 0 Å². The Bertz CT molecular complexity index is 767. The molecule has 1 N–H and O–H groups in total. The largest absolute Gasteiger partial charge is 0.396 e. The van der Waals surface area contributed by atoms with Gasteiger partial charge in [0.2, 0.25) is 0 Å². The third-order valence-electron chi connectivity index (χ3n) is 4.27. The van der Waals surface area contributed by atoms with Gasteiger partial charge in [-0.25, -0.2) is 8.42 Å². The monoisotopic (exact) mass is 336 g/mol. The van der Waals surface area contributed by atoms with Crippen LogP contribution < -0.4 is 0 Å². The number of hydrogen-bond acceptors (Lipinski definition) is 3. The Morgan fingerprint density at radius 1 is 1.05 bits per heavy atom. The van der Waals surface area contributed by atoms with Crippen molar-refractivity contribution >= 4 is 21.4 Å². The summed E-state index contributed by atoms with van der Waals surface area (Å²) in [6.07, 6.45) is 0. The van der Waals surface area contributed by atoms with E-state index in [4.69, 9.17) is 11.6 Å². The minimum atomic E-state index is -3.44. The van der Waals surface area contributed by atoms with Crippen LogP contribution in [0, 0.1) is 12.8 Å². The lowest BCUT2D eigenvalue weighted by Crippen LogP contribution is -2.11. The molecule has 3 atom stereocenters. The number of aliphatic hydroxyl groups excluding tert-OH is 1. The first-order valence-corrected chi connectivity index (χ1v) is 9.04. The summed E-state index contributed by atoms with van der Waals surface area (Å²) < 4.78 is 25.6. The van der Waals surface area contributed by atoms with Crippen molar-refractivity contribution in [1.82, 2.24) is 0 Å². The second-order valence-corrected chi connectivity index (χ2v) is 8.29. The van der Waals surface area contributed by atoms with E-state index in [1.807, 2.05) is 19.1 Å². The molecule has 0 unspecified atom stereocenters. The molecule has 0 spiro atoms. The van der Waals surface area contributed by atoms with Crippen LogP contribution in [0.4, 0.5) is 0 Å². The maximum Gasteiger partial charge on any atom is 0.182 e. The topological polar surface area (TPSA) is 54.4 Å². The fourth-order valence-electron chi connectivity index (χ4n) is 2.99. The van der Waals surface area contributed by atoms with Gasteiger partial charge in [0, 0.05) is 23.5 Å². The normalized spacial score (nSPS) is 24.2. The first-order chi connectivity index (χ1) is 10.4. The van der Waals surface area contributed by atoms with E-state index in [2.05, 4.69) is 0 Å². The molecular weight excluding hydrogens is 320 g/mol. The maximum absolute atomic E-state index is 12.8. The molecule has 0 amide bonds. The van der Waals surface area contributed by atoms with Gasteiger partial charge in [0.25, 0.3) is 0 Å². The van der Waals surface area contributed by atoms with E-state index in [0.717, 1.165) is 11.1 Å². The predicted octanol–water partition coefficient (Wildman–Crippen LogP) is 3.20. The Hall–Kier alpha value is -1.36. The van der Waals surface area contributed by atoms with Gasteiger partial charge in [-0.1, -0.05) is 41.4 Å². The Kier molecular flexibility index (Phi) is 4.02. The Balaban J connectivity index is 1.93. The number of benzene rings is 2. The van der Waals surface area contributed by atoms with Crippen molar-refractivity contribution in [2.75, 3.05) is 6.61 Å². The predicted molar refractivity (Wildman–Crippen MR) is 86.9 cm³/mol. The van der Waals surface area contributed by atoms with Gasteiger partial charge in [0.1, 0.15) is 0 Å². The molecule has 0 heterocycles. The summed E-state index contributed by atoms with van der Waals surface area (Å²) in [7, 11) is -3.44. The smallest absolute Gasteiger partial charge is 0.182 e. The minimum absolute atomic E-state index is 0.136. The first-order valence-electron chi connectivity index (χ1n) is 7.12. The molecule has 1 aliphatic rings. The highest BCUT2D eigenvalue weighted by atomic mass is 35.5. The number of sulfone groups is 1. The molecular formula is C17H17ClO3S. The van der Waals surface area contributed by atoms with E-state index in [-0.39, 0.29) is 18.4 Å². The summed E-state index contributed by atoms with van der Waals surface area (Å²) in [6.45, 7) is 1.78. The lowest BCUT2D eigenvalue weighted by molar-refractivity contribution is 0.274. The number of halogens is 1. The summed E-state index contributed by atoms with van der Waals surface area (Å²) in [6, 6.07) is 14.0. The highest BCUT2D eigenvalue weighted by Crippen LogP contribution is 2.53. The van der Waals surface area contributed by atoms with Gasteiger partial charge in [-0.2, -0.15) is 0 Å². The van der Waals surface area contributed by atoms with E-state index >= 15 is 0 Å². The minimum Gasteiger partial charge on any atom is -0.396 e. The molecule has 3 rings (SSSR count). The van der Waals surface area contributed by atoms with Crippen molar-refractivity contribution < 1.29 is 13.5 Å². The molecule has 22 heavy (non-hydrogen) atoms. The van der Waals surface area contributed by atoms with E-state index < -0.39 is 15.1 Å². The third kappa shape index (κ3) is 2.67. The molecule has 1 fully saturated rings. The molecule has 2 aromatic carbocycles. The molecule has 0 saturated heterocycles. The Labute approximate surface area is 135 Å². The van der Waals surface area contributed by atoms with Gasteiger partial charge in [-0.15, -0.1) is 0 Å². The van der Waals surface area contributed by atoms with E-state index in [9.17, 15) is 13.5 Å². The summed E-state index contributed by atoms with van der Waals surface area (Å²) in [4.78, 5) is 0.318. The van der Waals surface area contributed by atoms with Crippen molar-refractivity contribution in [2.24, 2.45) is 5.92 Å². The average molecular weight is 337 g/mol. The molecule has 1 aliphatic carbocycles. The van der Waals surface area contributed by atoms with Gasteiger partial charge in [-0.3, -0.25) is 0 Å². The van der Waals surface area contributed by atoms with Crippen LogP contribution in [0.25, 0.3) is 0 Å². The number of hydrogen-bond donors (Lipinski definition) is 1. The zero-order chi connectivity index (χ0) is 15.9. The molecule has 116 valence electrons. The second kappa shape index (κ2) is 5.69. The lowest BCUT2D eigenvalue weighted by Gasteiger charge is -2.05. The van der Waals surface area contributed by atoms with Crippen LogP contribution in [0.1, 0.15) is 17.0 Å².